The Kier molecular flexibility index (Phi) is 2.74. The van der Waals surface area contributed by atoms with Gasteiger partial charge in [-0.3, -0.25) is 4.79 Å². The maximum atomic E-state index is 12.0. The smallest absolute Gasteiger partial charge is 0.352 e. The number of aromatic nitrogens is 1. The molecule has 0 radical (unpaired) electrons. The number of benzene rings is 1. The number of rotatable bonds is 2. The first-order valence-electron chi connectivity index (χ1n) is 6.30. The van der Waals surface area contributed by atoms with E-state index >= 15 is 0 Å². The molecule has 1 aliphatic heterocycles. The van der Waals surface area contributed by atoms with E-state index in [4.69, 9.17) is 5.11 Å². The number of aromatic carboxylic acids is 1. The first-order valence-corrected chi connectivity index (χ1v) is 6.30. The lowest BCUT2D eigenvalue weighted by Gasteiger charge is -2.17. The molecule has 1 aromatic heterocycles. The van der Waals surface area contributed by atoms with Crippen molar-refractivity contribution in [3.8, 4) is 0 Å². The number of carbonyl (C=O) groups is 1. The van der Waals surface area contributed by atoms with Gasteiger partial charge in [0.15, 0.2) is 5.43 Å². The predicted octanol–water partition coefficient (Wildman–Crippen LogP) is 1.83. The number of nitrogens with one attached hydrogen (secondary N) is 1. The van der Waals surface area contributed by atoms with Gasteiger partial charge in [-0.2, -0.15) is 0 Å². The quantitative estimate of drug-likeness (QED) is 0.861. The Bertz CT molecular complexity index is 699. The van der Waals surface area contributed by atoms with Crippen LogP contribution in [0.25, 0.3) is 10.9 Å². The number of hydrogen-bond donors (Lipinski definition) is 2. The van der Waals surface area contributed by atoms with Crippen LogP contribution in [-0.2, 0) is 0 Å². The summed E-state index contributed by atoms with van der Waals surface area (Å²) in [4.78, 5) is 27.9. The summed E-state index contributed by atoms with van der Waals surface area (Å²) in [5.41, 5.74) is 1.25. The van der Waals surface area contributed by atoms with Crippen LogP contribution in [0.1, 0.15) is 23.3 Å². The van der Waals surface area contributed by atoms with E-state index in [1.807, 2.05) is 12.1 Å². The molecule has 1 fully saturated rings. The van der Waals surface area contributed by atoms with E-state index < -0.39 is 5.97 Å². The van der Waals surface area contributed by atoms with Crippen LogP contribution in [0.4, 0.5) is 5.69 Å². The largest absolute Gasteiger partial charge is 0.477 e. The van der Waals surface area contributed by atoms with Gasteiger partial charge in [0.1, 0.15) is 5.69 Å². The SMILES string of the molecule is O=C(O)c1cc(=O)c2cc(N3CCCC3)ccc2[nH]1. The van der Waals surface area contributed by atoms with Crippen molar-refractivity contribution in [3.05, 3.63) is 40.2 Å². The first-order chi connectivity index (χ1) is 9.15. The van der Waals surface area contributed by atoms with Crippen molar-refractivity contribution in [2.24, 2.45) is 0 Å². The van der Waals surface area contributed by atoms with E-state index in [-0.39, 0.29) is 11.1 Å². The molecule has 0 unspecified atom stereocenters. The molecule has 1 saturated heterocycles. The number of carboxylic acid groups (broad SMARTS) is 1. The molecule has 1 aromatic carbocycles. The summed E-state index contributed by atoms with van der Waals surface area (Å²) in [6.07, 6.45) is 2.35. The molecular weight excluding hydrogens is 244 g/mol. The van der Waals surface area contributed by atoms with Gasteiger partial charge in [-0.05, 0) is 31.0 Å². The number of carboxylic acids is 1. The van der Waals surface area contributed by atoms with Crippen LogP contribution in [0.2, 0.25) is 0 Å². The molecule has 0 aliphatic carbocycles. The van der Waals surface area contributed by atoms with Crippen molar-refractivity contribution in [2.75, 3.05) is 18.0 Å². The summed E-state index contributed by atoms with van der Waals surface area (Å²) in [6, 6.07) is 6.68. The van der Waals surface area contributed by atoms with Crippen molar-refractivity contribution in [2.45, 2.75) is 12.8 Å². The molecule has 1 aliphatic rings. The van der Waals surface area contributed by atoms with Crippen LogP contribution in [0.15, 0.2) is 29.1 Å². The second-order valence-electron chi connectivity index (χ2n) is 4.78. The molecule has 2 heterocycles. The molecule has 0 bridgehead atoms. The lowest BCUT2D eigenvalue weighted by atomic mass is 10.1. The average molecular weight is 258 g/mol. The molecule has 5 nitrogen and oxygen atoms in total. The molecule has 2 aromatic rings. The number of aromatic amines is 1. The maximum Gasteiger partial charge on any atom is 0.352 e. The number of nitrogens with zero attached hydrogens (tertiary/aromatic N) is 1. The topological polar surface area (TPSA) is 73.4 Å². The van der Waals surface area contributed by atoms with Gasteiger partial charge in [-0.15, -0.1) is 0 Å². The second-order valence-corrected chi connectivity index (χ2v) is 4.78. The third kappa shape index (κ3) is 2.07. The van der Waals surface area contributed by atoms with Crippen LogP contribution in [0.3, 0.4) is 0 Å². The van der Waals surface area contributed by atoms with E-state index in [2.05, 4.69) is 9.88 Å². The minimum absolute atomic E-state index is 0.0774. The van der Waals surface area contributed by atoms with Gasteiger partial charge in [0, 0.05) is 30.2 Å². The monoisotopic (exact) mass is 258 g/mol. The van der Waals surface area contributed by atoms with Crippen molar-refractivity contribution in [1.82, 2.24) is 4.98 Å². The van der Waals surface area contributed by atoms with Gasteiger partial charge in [-0.1, -0.05) is 0 Å². The van der Waals surface area contributed by atoms with Gasteiger partial charge in [0.05, 0.1) is 5.52 Å². The van der Waals surface area contributed by atoms with Gasteiger partial charge in [0.25, 0.3) is 0 Å². The van der Waals surface area contributed by atoms with Gasteiger partial charge in [-0.25, -0.2) is 4.79 Å². The molecule has 0 atom stereocenters. The number of pyridine rings is 1. The highest BCUT2D eigenvalue weighted by atomic mass is 16.4. The Hall–Kier alpha value is -2.30. The Morgan fingerprint density at radius 3 is 2.63 bits per heavy atom. The standard InChI is InChI=1S/C14H14N2O3/c17-13-8-12(14(18)19)15-11-4-3-9(7-10(11)13)16-5-1-2-6-16/h3-4,7-8H,1-2,5-6H2,(H,15,17)(H,18,19). The van der Waals surface area contributed by atoms with E-state index in [1.165, 1.54) is 12.8 Å². The maximum absolute atomic E-state index is 12.0. The highest BCUT2D eigenvalue weighted by Gasteiger charge is 2.14. The zero-order valence-electron chi connectivity index (χ0n) is 10.3. The molecule has 98 valence electrons. The fourth-order valence-electron chi connectivity index (χ4n) is 2.52. The van der Waals surface area contributed by atoms with Gasteiger partial charge in [0.2, 0.25) is 0 Å². The summed E-state index contributed by atoms with van der Waals surface area (Å²) in [5.74, 6) is -1.12. The van der Waals surface area contributed by atoms with Crippen LogP contribution in [-0.4, -0.2) is 29.1 Å². The van der Waals surface area contributed by atoms with Crippen molar-refractivity contribution in [3.63, 3.8) is 0 Å². The van der Waals surface area contributed by atoms with Crippen molar-refractivity contribution < 1.29 is 9.90 Å². The summed E-state index contributed by atoms with van der Waals surface area (Å²) in [6.45, 7) is 2.02. The fraction of sp³-hybridized carbons (Fsp3) is 0.286. The fourth-order valence-corrected chi connectivity index (χ4v) is 2.52. The Morgan fingerprint density at radius 2 is 1.95 bits per heavy atom. The number of H-pyrrole nitrogens is 1. The van der Waals surface area contributed by atoms with E-state index in [0.29, 0.717) is 10.9 Å². The highest BCUT2D eigenvalue weighted by Crippen LogP contribution is 2.23. The normalized spacial score (nSPS) is 15.1. The van der Waals surface area contributed by atoms with Crippen LogP contribution < -0.4 is 10.3 Å². The average Bonchev–Trinajstić information content (AvgIpc) is 2.92. The molecule has 0 spiro atoms. The van der Waals surface area contributed by atoms with Crippen LogP contribution in [0, 0.1) is 0 Å². The second kappa shape index (κ2) is 4.42. The molecule has 19 heavy (non-hydrogen) atoms. The first kappa shape index (κ1) is 11.8. The number of anilines is 1. The Balaban J connectivity index is 2.13. The van der Waals surface area contributed by atoms with Crippen LogP contribution >= 0.6 is 0 Å². The van der Waals surface area contributed by atoms with E-state index in [0.717, 1.165) is 24.8 Å². The molecule has 0 amide bonds. The molecule has 0 saturated carbocycles. The van der Waals surface area contributed by atoms with Crippen LogP contribution in [0.5, 0.6) is 0 Å². The lowest BCUT2D eigenvalue weighted by Crippen LogP contribution is -2.18. The molecule has 5 heteroatoms. The van der Waals surface area contributed by atoms with Crippen molar-refractivity contribution >= 4 is 22.6 Å². The van der Waals surface area contributed by atoms with Gasteiger partial charge >= 0.3 is 5.97 Å². The highest BCUT2D eigenvalue weighted by molar-refractivity contribution is 5.90. The molecule has 2 N–H and O–H groups in total. The number of fused-ring (bicyclic) bond motifs is 1. The summed E-state index contributed by atoms with van der Waals surface area (Å²) in [7, 11) is 0. The van der Waals surface area contributed by atoms with Crippen molar-refractivity contribution in [1.29, 1.82) is 0 Å². The van der Waals surface area contributed by atoms with Gasteiger partial charge < -0.3 is 15.0 Å². The summed E-state index contributed by atoms with van der Waals surface area (Å²) >= 11 is 0. The zero-order chi connectivity index (χ0) is 13.4. The summed E-state index contributed by atoms with van der Waals surface area (Å²) in [5, 5.41) is 9.45. The molecular formula is C14H14N2O3. The third-order valence-electron chi connectivity index (χ3n) is 3.51. The zero-order valence-corrected chi connectivity index (χ0v) is 10.3. The number of hydrogen-bond acceptors (Lipinski definition) is 3. The Morgan fingerprint density at radius 1 is 1.21 bits per heavy atom. The minimum Gasteiger partial charge on any atom is -0.477 e. The Labute approximate surface area is 109 Å². The lowest BCUT2D eigenvalue weighted by molar-refractivity contribution is 0.0691. The summed E-state index contributed by atoms with van der Waals surface area (Å²) < 4.78 is 0. The van der Waals surface area contributed by atoms with E-state index in [1.54, 1.807) is 6.07 Å². The van der Waals surface area contributed by atoms with E-state index in [9.17, 15) is 9.59 Å². The third-order valence-corrected chi connectivity index (χ3v) is 3.51. The minimum atomic E-state index is -1.12. The molecule has 3 rings (SSSR count). The predicted molar refractivity (Wildman–Crippen MR) is 73.0 cm³/mol.